The maximum absolute atomic E-state index is 11.6. The molecule has 1 aliphatic rings. The molecule has 0 saturated carbocycles. The summed E-state index contributed by atoms with van der Waals surface area (Å²) in [4.78, 5) is 15.9. The predicted molar refractivity (Wildman–Crippen MR) is 89.3 cm³/mol. The summed E-state index contributed by atoms with van der Waals surface area (Å²) in [6.45, 7) is 0.764. The van der Waals surface area contributed by atoms with Crippen LogP contribution in [0.15, 0.2) is 29.6 Å². The number of carbonyl (C=O) groups excluding carboxylic acids is 1. The van der Waals surface area contributed by atoms with Crippen LogP contribution in [0.5, 0.6) is 0 Å². The Hall–Kier alpha value is -0.880. The minimum atomic E-state index is 0.161. The van der Waals surface area contributed by atoms with Crippen molar-refractivity contribution in [3.63, 3.8) is 0 Å². The minimum Gasteiger partial charge on any atom is -0.344 e. The zero-order valence-electron chi connectivity index (χ0n) is 11.7. The van der Waals surface area contributed by atoms with Crippen molar-refractivity contribution in [1.29, 1.82) is 0 Å². The van der Waals surface area contributed by atoms with E-state index in [0.29, 0.717) is 12.5 Å². The third kappa shape index (κ3) is 3.48. The number of nitrogens with zero attached hydrogens (tertiary/aromatic N) is 1. The number of hydrogen-bond acceptors (Lipinski definition) is 4. The molecule has 1 amide bonds. The maximum atomic E-state index is 11.6. The highest BCUT2D eigenvalue weighted by Crippen LogP contribution is 2.34. The summed E-state index contributed by atoms with van der Waals surface area (Å²) in [5.41, 5.74) is 0. The average molecular weight is 341 g/mol. The van der Waals surface area contributed by atoms with E-state index >= 15 is 0 Å². The van der Waals surface area contributed by atoms with Crippen LogP contribution < -0.4 is 5.32 Å². The lowest BCUT2D eigenvalue weighted by Crippen LogP contribution is -2.47. The topological polar surface area (TPSA) is 32.3 Å². The van der Waals surface area contributed by atoms with Crippen LogP contribution in [0.2, 0.25) is 4.34 Å². The Bertz CT molecular complexity index is 611. The Morgan fingerprint density at radius 3 is 2.86 bits per heavy atom. The summed E-state index contributed by atoms with van der Waals surface area (Å²) < 4.78 is 0.810. The molecule has 1 fully saturated rings. The number of hydrogen-bond donors (Lipinski definition) is 1. The normalized spacial score (nSPS) is 20.8. The quantitative estimate of drug-likeness (QED) is 0.919. The first-order chi connectivity index (χ1) is 10.1. The van der Waals surface area contributed by atoms with Gasteiger partial charge in [0.25, 0.3) is 0 Å². The molecule has 3 nitrogen and oxygen atoms in total. The number of piperidine rings is 1. The Kier molecular flexibility index (Phi) is 4.64. The SMILES string of the molecule is CN1CC(NC(c2cccs2)c2ccc(Cl)s2)CCC1=O. The molecule has 2 aromatic rings. The number of likely N-dealkylation sites (tertiary alicyclic amines) is 1. The summed E-state index contributed by atoms with van der Waals surface area (Å²) >= 11 is 9.45. The van der Waals surface area contributed by atoms with Crippen molar-refractivity contribution in [1.82, 2.24) is 10.2 Å². The summed E-state index contributed by atoms with van der Waals surface area (Å²) in [6.07, 6.45) is 1.51. The molecule has 112 valence electrons. The van der Waals surface area contributed by atoms with Crippen LogP contribution in [-0.4, -0.2) is 30.4 Å². The van der Waals surface area contributed by atoms with E-state index in [1.54, 1.807) is 22.7 Å². The monoisotopic (exact) mass is 340 g/mol. The van der Waals surface area contributed by atoms with Crippen LogP contribution in [0.4, 0.5) is 0 Å². The van der Waals surface area contributed by atoms with Crippen LogP contribution in [0.1, 0.15) is 28.6 Å². The van der Waals surface area contributed by atoms with Gasteiger partial charge in [0.1, 0.15) is 0 Å². The largest absolute Gasteiger partial charge is 0.344 e. The number of thiophene rings is 2. The van der Waals surface area contributed by atoms with Gasteiger partial charge in [-0.05, 0) is 30.0 Å². The highest BCUT2D eigenvalue weighted by molar-refractivity contribution is 7.16. The Labute approximate surface area is 137 Å². The van der Waals surface area contributed by atoms with E-state index in [0.717, 1.165) is 17.3 Å². The van der Waals surface area contributed by atoms with Gasteiger partial charge in [0.2, 0.25) is 5.91 Å². The Morgan fingerprint density at radius 1 is 1.38 bits per heavy atom. The van der Waals surface area contributed by atoms with Gasteiger partial charge >= 0.3 is 0 Å². The van der Waals surface area contributed by atoms with Crippen molar-refractivity contribution < 1.29 is 4.79 Å². The molecule has 3 rings (SSSR count). The molecule has 1 aliphatic heterocycles. The van der Waals surface area contributed by atoms with E-state index in [4.69, 9.17) is 11.6 Å². The molecule has 1 saturated heterocycles. The summed E-state index contributed by atoms with van der Waals surface area (Å²) in [6, 6.07) is 8.73. The molecule has 2 atom stereocenters. The van der Waals surface area contributed by atoms with E-state index in [-0.39, 0.29) is 11.9 Å². The van der Waals surface area contributed by atoms with E-state index in [9.17, 15) is 4.79 Å². The van der Waals surface area contributed by atoms with Gasteiger partial charge in [-0.1, -0.05) is 17.7 Å². The van der Waals surface area contributed by atoms with Crippen LogP contribution in [0.25, 0.3) is 0 Å². The fourth-order valence-electron chi connectivity index (χ4n) is 2.63. The first-order valence-electron chi connectivity index (χ1n) is 6.92. The van der Waals surface area contributed by atoms with Crippen LogP contribution >= 0.6 is 34.3 Å². The number of rotatable bonds is 4. The second kappa shape index (κ2) is 6.48. The first-order valence-corrected chi connectivity index (χ1v) is 8.99. The lowest BCUT2D eigenvalue weighted by molar-refractivity contribution is -0.132. The fraction of sp³-hybridized carbons (Fsp3) is 0.400. The van der Waals surface area contributed by atoms with Crippen molar-refractivity contribution in [3.05, 3.63) is 43.7 Å². The molecule has 0 radical (unpaired) electrons. The van der Waals surface area contributed by atoms with Crippen molar-refractivity contribution in [2.75, 3.05) is 13.6 Å². The first kappa shape index (κ1) is 15.0. The van der Waals surface area contributed by atoms with Gasteiger partial charge in [-0.2, -0.15) is 0 Å². The lowest BCUT2D eigenvalue weighted by Gasteiger charge is -2.32. The molecule has 6 heteroatoms. The van der Waals surface area contributed by atoms with Crippen LogP contribution in [0, 0.1) is 0 Å². The van der Waals surface area contributed by atoms with Gasteiger partial charge in [0.15, 0.2) is 0 Å². The number of likely N-dealkylation sites (N-methyl/N-ethyl adjacent to an activating group) is 1. The smallest absolute Gasteiger partial charge is 0.222 e. The lowest BCUT2D eigenvalue weighted by atomic mass is 10.0. The second-order valence-electron chi connectivity index (χ2n) is 5.27. The van der Waals surface area contributed by atoms with Crippen molar-refractivity contribution in [3.8, 4) is 0 Å². The van der Waals surface area contributed by atoms with Gasteiger partial charge in [-0.25, -0.2) is 0 Å². The highest BCUT2D eigenvalue weighted by Gasteiger charge is 2.27. The van der Waals surface area contributed by atoms with Gasteiger partial charge in [-0.3, -0.25) is 4.79 Å². The van der Waals surface area contributed by atoms with Crippen LogP contribution in [0.3, 0.4) is 0 Å². The summed E-state index contributed by atoms with van der Waals surface area (Å²) in [7, 11) is 1.87. The number of nitrogens with one attached hydrogen (secondary N) is 1. The predicted octanol–water partition coefficient (Wildman–Crippen LogP) is 3.76. The maximum Gasteiger partial charge on any atom is 0.222 e. The number of carbonyl (C=O) groups is 1. The Morgan fingerprint density at radius 2 is 2.24 bits per heavy atom. The third-order valence-corrected chi connectivity index (χ3v) is 5.97. The number of amides is 1. The van der Waals surface area contributed by atoms with E-state index in [1.165, 1.54) is 9.75 Å². The van der Waals surface area contributed by atoms with E-state index in [2.05, 4.69) is 28.9 Å². The molecule has 21 heavy (non-hydrogen) atoms. The molecule has 0 aromatic carbocycles. The molecule has 0 aliphatic carbocycles. The molecule has 2 aromatic heterocycles. The zero-order valence-corrected chi connectivity index (χ0v) is 14.1. The molecular weight excluding hydrogens is 324 g/mol. The standard InChI is InChI=1S/C15H17ClN2OS2/c1-18-9-10(4-7-14(18)19)17-15(11-3-2-8-20-11)12-5-6-13(16)21-12/h2-3,5-6,8,10,15,17H,4,7,9H2,1H3. The van der Waals surface area contributed by atoms with Crippen molar-refractivity contribution in [2.45, 2.75) is 24.9 Å². The van der Waals surface area contributed by atoms with Crippen molar-refractivity contribution in [2.24, 2.45) is 0 Å². The van der Waals surface area contributed by atoms with Crippen LogP contribution in [-0.2, 0) is 4.79 Å². The zero-order chi connectivity index (χ0) is 14.8. The van der Waals surface area contributed by atoms with E-state index < -0.39 is 0 Å². The third-order valence-electron chi connectivity index (χ3n) is 3.74. The molecule has 3 heterocycles. The fourth-order valence-corrected chi connectivity index (χ4v) is 4.64. The number of halogens is 1. The molecule has 1 N–H and O–H groups in total. The summed E-state index contributed by atoms with van der Waals surface area (Å²) in [5.74, 6) is 0.236. The van der Waals surface area contributed by atoms with Crippen molar-refractivity contribution >= 4 is 40.2 Å². The Balaban J connectivity index is 1.79. The minimum absolute atomic E-state index is 0.161. The molecular formula is C15H17ClN2OS2. The van der Waals surface area contributed by atoms with Gasteiger partial charge in [0, 0.05) is 35.8 Å². The molecule has 2 unspecified atom stereocenters. The average Bonchev–Trinajstić information content (AvgIpc) is 3.11. The van der Waals surface area contributed by atoms with Gasteiger partial charge in [-0.15, -0.1) is 22.7 Å². The van der Waals surface area contributed by atoms with Gasteiger partial charge < -0.3 is 10.2 Å². The molecule has 0 spiro atoms. The van der Waals surface area contributed by atoms with E-state index in [1.807, 2.05) is 18.0 Å². The second-order valence-corrected chi connectivity index (χ2v) is 7.99. The van der Waals surface area contributed by atoms with Gasteiger partial charge in [0.05, 0.1) is 10.4 Å². The summed E-state index contributed by atoms with van der Waals surface area (Å²) in [5, 5.41) is 5.80. The molecule has 0 bridgehead atoms. The highest BCUT2D eigenvalue weighted by atomic mass is 35.5.